The van der Waals surface area contributed by atoms with Gasteiger partial charge in [-0.3, -0.25) is 0 Å². The van der Waals surface area contributed by atoms with Gasteiger partial charge in [0.15, 0.2) is 23.0 Å². The van der Waals surface area contributed by atoms with Crippen LogP contribution in [0.2, 0.25) is 0 Å². The highest BCUT2D eigenvalue weighted by Crippen LogP contribution is 2.44. The van der Waals surface area contributed by atoms with Crippen LogP contribution in [-0.2, 0) is 0 Å². The molecule has 0 fully saturated rings. The second kappa shape index (κ2) is 6.97. The van der Waals surface area contributed by atoms with E-state index in [1.54, 1.807) is 0 Å². The van der Waals surface area contributed by atoms with Gasteiger partial charge in [0.2, 0.25) is 0 Å². The maximum Gasteiger partial charge on any atom is 0.162 e. The molecule has 5 rings (SSSR count). The van der Waals surface area contributed by atoms with E-state index in [4.69, 9.17) is 18.9 Å². The molecule has 0 radical (unpaired) electrons. The summed E-state index contributed by atoms with van der Waals surface area (Å²) in [6, 6.07) is 8.59. The molecule has 4 heteroatoms. The number of hydrogen-bond donors (Lipinski definition) is 0. The SMILES string of the molecule is Cc1c2cc3c(cc2c(C)c2cc4c(cc12)OC(C)CC(C)O4)OC(C)CC(C)O3. The van der Waals surface area contributed by atoms with Crippen molar-refractivity contribution in [1.29, 1.82) is 0 Å². The highest BCUT2D eigenvalue weighted by molar-refractivity contribution is 6.07. The molecule has 3 aromatic carbocycles. The van der Waals surface area contributed by atoms with Crippen LogP contribution in [0, 0.1) is 13.8 Å². The first-order valence-electron chi connectivity index (χ1n) is 11.0. The summed E-state index contributed by atoms with van der Waals surface area (Å²) in [5.74, 6) is 3.33. The van der Waals surface area contributed by atoms with Crippen molar-refractivity contribution in [3.63, 3.8) is 0 Å². The summed E-state index contributed by atoms with van der Waals surface area (Å²) in [4.78, 5) is 0. The summed E-state index contributed by atoms with van der Waals surface area (Å²) in [5.41, 5.74) is 2.44. The van der Waals surface area contributed by atoms with Crippen molar-refractivity contribution in [2.45, 2.75) is 78.8 Å². The van der Waals surface area contributed by atoms with Crippen molar-refractivity contribution in [3.05, 3.63) is 35.4 Å². The predicted molar refractivity (Wildman–Crippen MR) is 121 cm³/mol. The Kier molecular flexibility index (Phi) is 4.49. The third kappa shape index (κ3) is 3.13. The second-order valence-electron chi connectivity index (χ2n) is 9.12. The van der Waals surface area contributed by atoms with Gasteiger partial charge in [-0.2, -0.15) is 0 Å². The Morgan fingerprint density at radius 1 is 0.500 bits per heavy atom. The van der Waals surface area contributed by atoms with Gasteiger partial charge in [0.25, 0.3) is 0 Å². The van der Waals surface area contributed by atoms with Gasteiger partial charge in [-0.05, 0) is 98.5 Å². The zero-order chi connectivity index (χ0) is 21.2. The molecule has 4 unspecified atom stereocenters. The Hall–Kier alpha value is -2.62. The molecule has 0 aromatic heterocycles. The third-order valence-electron chi connectivity index (χ3n) is 6.42. The number of fused-ring (bicyclic) bond motifs is 4. The van der Waals surface area contributed by atoms with Crippen LogP contribution in [0.25, 0.3) is 21.5 Å². The fourth-order valence-corrected chi connectivity index (χ4v) is 5.01. The zero-order valence-corrected chi connectivity index (χ0v) is 18.7. The molecule has 0 spiro atoms. The molecule has 0 N–H and O–H groups in total. The van der Waals surface area contributed by atoms with Gasteiger partial charge in [0.05, 0.1) is 24.4 Å². The molecule has 0 saturated carbocycles. The number of rotatable bonds is 0. The molecular formula is C26H30O4. The third-order valence-corrected chi connectivity index (χ3v) is 6.42. The molecule has 4 atom stereocenters. The van der Waals surface area contributed by atoms with Crippen molar-refractivity contribution < 1.29 is 18.9 Å². The smallest absolute Gasteiger partial charge is 0.162 e. The maximum atomic E-state index is 6.21. The zero-order valence-electron chi connectivity index (χ0n) is 18.7. The van der Waals surface area contributed by atoms with Gasteiger partial charge in [-0.25, -0.2) is 0 Å². The Morgan fingerprint density at radius 2 is 0.733 bits per heavy atom. The lowest BCUT2D eigenvalue weighted by Gasteiger charge is -2.18. The van der Waals surface area contributed by atoms with E-state index in [1.165, 1.54) is 32.7 Å². The van der Waals surface area contributed by atoms with Crippen LogP contribution in [-0.4, -0.2) is 24.4 Å². The molecule has 4 nitrogen and oxygen atoms in total. The Bertz CT molecular complexity index is 974. The fraction of sp³-hybridized carbons (Fsp3) is 0.462. The summed E-state index contributed by atoms with van der Waals surface area (Å²) in [6.07, 6.45) is 2.28. The van der Waals surface area contributed by atoms with Gasteiger partial charge in [-0.1, -0.05) is 0 Å². The molecule has 0 saturated heterocycles. The first-order chi connectivity index (χ1) is 14.3. The molecule has 2 aliphatic heterocycles. The van der Waals surface area contributed by atoms with Gasteiger partial charge in [0, 0.05) is 12.8 Å². The summed E-state index contributed by atoms with van der Waals surface area (Å²) in [7, 11) is 0. The minimum absolute atomic E-state index is 0.130. The van der Waals surface area contributed by atoms with Crippen LogP contribution < -0.4 is 18.9 Å². The predicted octanol–water partition coefficient (Wildman–Crippen LogP) is 6.49. The summed E-state index contributed by atoms with van der Waals surface area (Å²) >= 11 is 0. The Morgan fingerprint density at radius 3 is 0.967 bits per heavy atom. The Labute approximate surface area is 178 Å². The topological polar surface area (TPSA) is 36.9 Å². The van der Waals surface area contributed by atoms with Crippen LogP contribution in [0.1, 0.15) is 51.7 Å². The average Bonchev–Trinajstić information content (AvgIpc) is 2.90. The maximum absolute atomic E-state index is 6.21. The van der Waals surface area contributed by atoms with Gasteiger partial charge in [-0.15, -0.1) is 0 Å². The summed E-state index contributed by atoms with van der Waals surface area (Å²) < 4.78 is 24.8. The van der Waals surface area contributed by atoms with E-state index < -0.39 is 0 Å². The first-order valence-corrected chi connectivity index (χ1v) is 11.0. The fourth-order valence-electron chi connectivity index (χ4n) is 5.01. The van der Waals surface area contributed by atoms with E-state index in [1.807, 2.05) is 0 Å². The number of benzene rings is 3. The van der Waals surface area contributed by atoms with Crippen molar-refractivity contribution in [3.8, 4) is 23.0 Å². The van der Waals surface area contributed by atoms with E-state index in [-0.39, 0.29) is 24.4 Å². The van der Waals surface area contributed by atoms with Crippen LogP contribution in [0.4, 0.5) is 0 Å². The van der Waals surface area contributed by atoms with E-state index in [0.29, 0.717) is 0 Å². The molecule has 0 bridgehead atoms. The molecule has 0 aliphatic carbocycles. The van der Waals surface area contributed by atoms with Crippen molar-refractivity contribution >= 4 is 21.5 Å². The lowest BCUT2D eigenvalue weighted by Crippen LogP contribution is -2.18. The van der Waals surface area contributed by atoms with Crippen molar-refractivity contribution in [1.82, 2.24) is 0 Å². The normalized spacial score (nSPS) is 25.8. The second-order valence-corrected chi connectivity index (χ2v) is 9.12. The van der Waals surface area contributed by atoms with E-state index in [0.717, 1.165) is 35.8 Å². The molecule has 2 aliphatic rings. The molecule has 158 valence electrons. The lowest BCUT2D eigenvalue weighted by molar-refractivity contribution is 0.168. The molecule has 3 aromatic rings. The number of ether oxygens (including phenoxy) is 4. The number of hydrogen-bond acceptors (Lipinski definition) is 4. The Balaban J connectivity index is 1.77. The van der Waals surface area contributed by atoms with E-state index in [2.05, 4.69) is 65.8 Å². The van der Waals surface area contributed by atoms with Crippen LogP contribution in [0.15, 0.2) is 24.3 Å². The van der Waals surface area contributed by atoms with Gasteiger partial charge < -0.3 is 18.9 Å². The van der Waals surface area contributed by atoms with E-state index in [9.17, 15) is 0 Å². The number of aryl methyl sites for hydroxylation is 2. The summed E-state index contributed by atoms with van der Waals surface area (Å²) in [5, 5.41) is 4.78. The van der Waals surface area contributed by atoms with Crippen LogP contribution >= 0.6 is 0 Å². The molecule has 0 amide bonds. The molecule has 30 heavy (non-hydrogen) atoms. The quantitative estimate of drug-likeness (QED) is 0.400. The van der Waals surface area contributed by atoms with Gasteiger partial charge in [0.1, 0.15) is 0 Å². The van der Waals surface area contributed by atoms with Crippen molar-refractivity contribution in [2.75, 3.05) is 0 Å². The van der Waals surface area contributed by atoms with Crippen molar-refractivity contribution in [2.24, 2.45) is 0 Å². The standard InChI is InChI=1S/C26H30O4/c1-13-7-14(2)28-24-10-20-18(6)22-12-26-25(29-15(3)8-16(4)30-26)11-21(22)17(5)19(20)9-23(24)27-13/h9-16H,7-8H2,1-6H3. The van der Waals surface area contributed by atoms with Crippen LogP contribution in [0.5, 0.6) is 23.0 Å². The average molecular weight is 407 g/mol. The highest BCUT2D eigenvalue weighted by Gasteiger charge is 2.25. The minimum atomic E-state index is 0.130. The van der Waals surface area contributed by atoms with Crippen LogP contribution in [0.3, 0.4) is 0 Å². The molecule has 2 heterocycles. The van der Waals surface area contributed by atoms with Gasteiger partial charge >= 0.3 is 0 Å². The molecular weight excluding hydrogens is 376 g/mol. The first kappa shape index (κ1) is 19.3. The minimum Gasteiger partial charge on any atom is -0.487 e. The highest BCUT2D eigenvalue weighted by atomic mass is 16.5. The summed E-state index contributed by atoms with van der Waals surface area (Å²) in [6.45, 7) is 12.8. The monoisotopic (exact) mass is 406 g/mol. The largest absolute Gasteiger partial charge is 0.487 e. The lowest BCUT2D eigenvalue weighted by atomic mass is 9.92. The van der Waals surface area contributed by atoms with E-state index >= 15 is 0 Å².